The van der Waals surface area contributed by atoms with E-state index in [4.69, 9.17) is 58.0 Å². The summed E-state index contributed by atoms with van der Waals surface area (Å²) < 4.78 is -1.34. The Morgan fingerprint density at radius 1 is 1.08 bits per heavy atom. The van der Waals surface area contributed by atoms with Crippen LogP contribution in [0.5, 0.6) is 0 Å². The minimum absolute atomic E-state index is 0.247. The quantitative estimate of drug-likeness (QED) is 0.641. The molecule has 0 spiro atoms. The second-order valence-electron chi connectivity index (χ2n) is 2.50. The molecule has 13 heavy (non-hydrogen) atoms. The van der Waals surface area contributed by atoms with Gasteiger partial charge in [0.15, 0.2) is 3.79 Å². The lowest BCUT2D eigenvalue weighted by Crippen LogP contribution is -2.07. The zero-order valence-electron chi connectivity index (χ0n) is 6.33. The molecule has 0 amide bonds. The largest absolute Gasteiger partial charge is 0.194 e. The van der Waals surface area contributed by atoms with Gasteiger partial charge in [-0.25, -0.2) is 0 Å². The summed E-state index contributed by atoms with van der Waals surface area (Å²) in [6, 6.07) is 5.22. The average molecular weight is 278 g/mol. The normalized spacial score (nSPS) is 11.8. The molecule has 1 rings (SSSR count). The van der Waals surface area contributed by atoms with Crippen molar-refractivity contribution in [2.45, 2.75) is 10.2 Å². The molecule has 5 heteroatoms. The van der Waals surface area contributed by atoms with Crippen molar-refractivity contribution in [1.29, 1.82) is 0 Å². The summed E-state index contributed by atoms with van der Waals surface area (Å²) in [4.78, 5) is 0. The molecule has 0 aromatic heterocycles. The van der Waals surface area contributed by atoms with Crippen LogP contribution in [0.4, 0.5) is 0 Å². The van der Waals surface area contributed by atoms with Gasteiger partial charge in [-0.05, 0) is 11.6 Å². The maximum atomic E-state index is 5.89. The fourth-order valence-corrected chi connectivity index (χ4v) is 1.72. The van der Waals surface area contributed by atoms with E-state index in [1.165, 1.54) is 0 Å². The van der Waals surface area contributed by atoms with Crippen LogP contribution in [0, 0.1) is 0 Å². The van der Waals surface area contributed by atoms with Crippen LogP contribution >= 0.6 is 58.0 Å². The van der Waals surface area contributed by atoms with Gasteiger partial charge in [0.2, 0.25) is 0 Å². The summed E-state index contributed by atoms with van der Waals surface area (Å²) in [5, 5.41) is 0.906. The number of rotatable bonds is 1. The smallest absolute Gasteiger partial charge is 0.0833 e. The fourth-order valence-electron chi connectivity index (χ4n) is 0.901. The van der Waals surface area contributed by atoms with Gasteiger partial charge in [-0.2, -0.15) is 0 Å². The zero-order chi connectivity index (χ0) is 10.1. The summed E-state index contributed by atoms with van der Waals surface area (Å²) in [7, 11) is 0. The van der Waals surface area contributed by atoms with Gasteiger partial charge in [0, 0.05) is 6.42 Å². The summed E-state index contributed by atoms with van der Waals surface area (Å²) in [5.41, 5.74) is 0.731. The topological polar surface area (TPSA) is 0 Å². The van der Waals surface area contributed by atoms with Crippen LogP contribution in [0.3, 0.4) is 0 Å². The molecule has 72 valence electrons. The standard InChI is InChI=1S/C8H5Cl5/c9-6-3-1-2-5(7(6)10)4-8(11,12)13/h1-3H,4H2. The first-order valence-electron chi connectivity index (χ1n) is 3.40. The molecule has 0 heterocycles. The maximum Gasteiger partial charge on any atom is 0.194 e. The molecule has 0 bridgehead atoms. The third-order valence-electron chi connectivity index (χ3n) is 1.42. The first kappa shape index (κ1) is 11.7. The number of alkyl halides is 3. The molecule has 0 aliphatic heterocycles. The van der Waals surface area contributed by atoms with Crippen LogP contribution in [-0.2, 0) is 6.42 Å². The molecule has 0 unspecified atom stereocenters. The summed E-state index contributed by atoms with van der Waals surface area (Å²) in [6.07, 6.45) is 0.247. The number of benzene rings is 1. The molecule has 0 aliphatic carbocycles. The van der Waals surface area contributed by atoms with Gasteiger partial charge in [0.1, 0.15) is 0 Å². The maximum absolute atomic E-state index is 5.89. The van der Waals surface area contributed by atoms with E-state index >= 15 is 0 Å². The van der Waals surface area contributed by atoms with Gasteiger partial charge in [-0.3, -0.25) is 0 Å². The molecular weight excluding hydrogens is 273 g/mol. The highest BCUT2D eigenvalue weighted by molar-refractivity contribution is 6.67. The first-order chi connectivity index (χ1) is 5.90. The minimum Gasteiger partial charge on any atom is -0.0833 e. The van der Waals surface area contributed by atoms with Gasteiger partial charge < -0.3 is 0 Å². The Morgan fingerprint density at radius 3 is 2.23 bits per heavy atom. The number of hydrogen-bond donors (Lipinski definition) is 0. The van der Waals surface area contributed by atoms with Crippen molar-refractivity contribution < 1.29 is 0 Å². The minimum atomic E-state index is -1.34. The van der Waals surface area contributed by atoms with E-state index in [0.717, 1.165) is 5.56 Å². The Balaban J connectivity index is 2.96. The number of hydrogen-bond acceptors (Lipinski definition) is 0. The third-order valence-corrected chi connectivity index (χ3v) is 2.68. The Bertz CT molecular complexity index is 302. The van der Waals surface area contributed by atoms with E-state index in [1.54, 1.807) is 18.2 Å². The Morgan fingerprint density at radius 2 is 1.69 bits per heavy atom. The highest BCUT2D eigenvalue weighted by Gasteiger charge is 2.21. The van der Waals surface area contributed by atoms with Crippen LogP contribution in [0.15, 0.2) is 18.2 Å². The monoisotopic (exact) mass is 276 g/mol. The van der Waals surface area contributed by atoms with Crippen molar-refractivity contribution >= 4 is 58.0 Å². The third kappa shape index (κ3) is 3.73. The Hall–Kier alpha value is 0.670. The molecule has 0 aliphatic rings. The average Bonchev–Trinajstić information content (AvgIpc) is 1.96. The van der Waals surface area contributed by atoms with Crippen molar-refractivity contribution in [2.24, 2.45) is 0 Å². The summed E-state index contributed by atoms with van der Waals surface area (Å²) in [6.45, 7) is 0. The van der Waals surface area contributed by atoms with E-state index in [9.17, 15) is 0 Å². The van der Waals surface area contributed by atoms with Gasteiger partial charge >= 0.3 is 0 Å². The summed E-state index contributed by atoms with van der Waals surface area (Å²) in [5.74, 6) is 0. The van der Waals surface area contributed by atoms with Gasteiger partial charge in [-0.15, -0.1) is 0 Å². The van der Waals surface area contributed by atoms with Crippen LogP contribution in [-0.4, -0.2) is 3.79 Å². The van der Waals surface area contributed by atoms with E-state index in [0.29, 0.717) is 10.0 Å². The van der Waals surface area contributed by atoms with E-state index in [1.807, 2.05) is 0 Å². The predicted molar refractivity (Wildman–Crippen MR) is 60.5 cm³/mol. The van der Waals surface area contributed by atoms with Crippen molar-refractivity contribution in [3.05, 3.63) is 33.8 Å². The highest BCUT2D eigenvalue weighted by Crippen LogP contribution is 2.34. The molecule has 0 saturated carbocycles. The van der Waals surface area contributed by atoms with Gasteiger partial charge in [-0.1, -0.05) is 70.1 Å². The molecule has 1 aromatic carbocycles. The zero-order valence-corrected chi connectivity index (χ0v) is 10.1. The van der Waals surface area contributed by atoms with Crippen LogP contribution < -0.4 is 0 Å². The van der Waals surface area contributed by atoms with Crippen molar-refractivity contribution in [1.82, 2.24) is 0 Å². The summed E-state index contributed by atoms with van der Waals surface area (Å²) >= 11 is 28.5. The molecular formula is C8H5Cl5. The Kier molecular flexibility index (Phi) is 4.03. The Labute approximate surface area is 102 Å². The molecule has 0 atom stereocenters. The van der Waals surface area contributed by atoms with Crippen LogP contribution in [0.25, 0.3) is 0 Å². The molecule has 0 radical (unpaired) electrons. The lowest BCUT2D eigenvalue weighted by molar-refractivity contribution is 1.02. The van der Waals surface area contributed by atoms with Crippen LogP contribution in [0.1, 0.15) is 5.56 Å². The molecule has 1 aromatic rings. The molecule has 0 N–H and O–H groups in total. The SMILES string of the molecule is Clc1cccc(CC(Cl)(Cl)Cl)c1Cl. The van der Waals surface area contributed by atoms with E-state index in [2.05, 4.69) is 0 Å². The van der Waals surface area contributed by atoms with E-state index < -0.39 is 3.79 Å². The van der Waals surface area contributed by atoms with Gasteiger partial charge in [0.05, 0.1) is 10.0 Å². The van der Waals surface area contributed by atoms with Crippen molar-refractivity contribution in [3.8, 4) is 0 Å². The van der Waals surface area contributed by atoms with Crippen LogP contribution in [0.2, 0.25) is 10.0 Å². The van der Waals surface area contributed by atoms with Crippen molar-refractivity contribution in [3.63, 3.8) is 0 Å². The second kappa shape index (κ2) is 4.46. The van der Waals surface area contributed by atoms with E-state index in [-0.39, 0.29) is 6.42 Å². The first-order valence-corrected chi connectivity index (χ1v) is 5.29. The lowest BCUT2D eigenvalue weighted by atomic mass is 10.2. The highest BCUT2D eigenvalue weighted by atomic mass is 35.6. The number of halogens is 5. The molecule has 0 nitrogen and oxygen atoms in total. The fraction of sp³-hybridized carbons (Fsp3) is 0.250. The van der Waals surface area contributed by atoms with Crippen molar-refractivity contribution in [2.75, 3.05) is 0 Å². The second-order valence-corrected chi connectivity index (χ2v) is 5.81. The molecule has 0 fully saturated rings. The lowest BCUT2D eigenvalue weighted by Gasteiger charge is -2.12. The van der Waals surface area contributed by atoms with Gasteiger partial charge in [0.25, 0.3) is 0 Å². The predicted octanol–water partition coefficient (Wildman–Crippen LogP) is 4.91. The molecule has 0 saturated heterocycles.